The molecule has 0 unspecified atom stereocenters. The summed E-state index contributed by atoms with van der Waals surface area (Å²) in [7, 11) is 0. The molecule has 7 heteroatoms. The van der Waals surface area contributed by atoms with Crippen molar-refractivity contribution in [3.63, 3.8) is 0 Å². The van der Waals surface area contributed by atoms with Crippen molar-refractivity contribution in [3.05, 3.63) is 104 Å². The lowest BCUT2D eigenvalue weighted by atomic mass is 10.1. The van der Waals surface area contributed by atoms with Crippen molar-refractivity contribution in [3.8, 4) is 0 Å². The lowest BCUT2D eigenvalue weighted by molar-refractivity contribution is -0.384. The lowest BCUT2D eigenvalue weighted by Gasteiger charge is -2.23. The average molecular weight is 437 g/mol. The molecule has 1 heterocycles. The molecular formula is C23H17ClN2O3S. The van der Waals surface area contributed by atoms with Crippen LogP contribution < -0.4 is 4.90 Å². The van der Waals surface area contributed by atoms with Crippen molar-refractivity contribution < 1.29 is 9.72 Å². The van der Waals surface area contributed by atoms with Crippen molar-refractivity contribution in [2.45, 2.75) is 13.5 Å². The Balaban J connectivity index is 1.74. The molecule has 0 bridgehead atoms. The molecule has 0 saturated carbocycles. The van der Waals surface area contributed by atoms with E-state index in [9.17, 15) is 14.9 Å². The van der Waals surface area contributed by atoms with E-state index in [2.05, 4.69) is 0 Å². The summed E-state index contributed by atoms with van der Waals surface area (Å²) in [6.07, 6.45) is 0. The summed E-state index contributed by atoms with van der Waals surface area (Å²) in [4.78, 5) is 26.2. The Hall–Kier alpha value is -3.22. The van der Waals surface area contributed by atoms with Crippen LogP contribution in [0.2, 0.25) is 5.02 Å². The fourth-order valence-electron chi connectivity index (χ4n) is 3.18. The summed E-state index contributed by atoms with van der Waals surface area (Å²) in [5.41, 5.74) is 2.62. The van der Waals surface area contributed by atoms with Crippen LogP contribution in [0, 0.1) is 17.0 Å². The molecule has 1 aromatic heterocycles. The molecule has 1 amide bonds. The van der Waals surface area contributed by atoms with Crippen molar-refractivity contribution in [1.29, 1.82) is 0 Å². The second-order valence-electron chi connectivity index (χ2n) is 6.89. The summed E-state index contributed by atoms with van der Waals surface area (Å²) in [6.45, 7) is 2.25. The van der Waals surface area contributed by atoms with Crippen LogP contribution in [-0.4, -0.2) is 10.8 Å². The largest absolute Gasteiger partial charge is 0.303 e. The number of hydrogen-bond donors (Lipinski definition) is 0. The van der Waals surface area contributed by atoms with Gasteiger partial charge in [0.2, 0.25) is 0 Å². The topological polar surface area (TPSA) is 63.4 Å². The normalized spacial score (nSPS) is 10.9. The van der Waals surface area contributed by atoms with Gasteiger partial charge in [-0.25, -0.2) is 0 Å². The highest BCUT2D eigenvalue weighted by Gasteiger charge is 2.24. The number of non-ortho nitro benzene ring substituents is 1. The third-order valence-corrected chi connectivity index (χ3v) is 6.47. The zero-order valence-electron chi connectivity index (χ0n) is 16.0. The predicted octanol–water partition coefficient (Wildman–Crippen LogP) is 6.62. The molecule has 0 atom stereocenters. The van der Waals surface area contributed by atoms with E-state index in [1.54, 1.807) is 17.0 Å². The van der Waals surface area contributed by atoms with Crippen LogP contribution >= 0.6 is 22.9 Å². The molecule has 150 valence electrons. The number of carbonyl (C=O) groups is 1. The quantitative estimate of drug-likeness (QED) is 0.261. The predicted molar refractivity (Wildman–Crippen MR) is 122 cm³/mol. The minimum Gasteiger partial charge on any atom is -0.303 e. The maximum absolute atomic E-state index is 13.5. The summed E-state index contributed by atoms with van der Waals surface area (Å²) < 4.78 is 0.949. The second-order valence-corrected chi connectivity index (χ2v) is 8.32. The Morgan fingerprint density at radius 2 is 1.70 bits per heavy atom. The van der Waals surface area contributed by atoms with Crippen molar-refractivity contribution in [1.82, 2.24) is 0 Å². The van der Waals surface area contributed by atoms with Crippen molar-refractivity contribution >= 4 is 50.3 Å². The van der Waals surface area contributed by atoms with Crippen LogP contribution in [0.5, 0.6) is 0 Å². The van der Waals surface area contributed by atoms with Gasteiger partial charge in [0.15, 0.2) is 0 Å². The molecule has 4 rings (SSSR count). The van der Waals surface area contributed by atoms with Gasteiger partial charge in [-0.1, -0.05) is 59.6 Å². The molecule has 5 nitrogen and oxygen atoms in total. The molecule has 0 radical (unpaired) electrons. The fraction of sp³-hybridized carbons (Fsp3) is 0.0870. The molecule has 0 aliphatic carbocycles. The minimum atomic E-state index is -0.441. The van der Waals surface area contributed by atoms with Gasteiger partial charge in [-0.05, 0) is 30.7 Å². The molecule has 0 spiro atoms. The molecule has 0 saturated heterocycles. The van der Waals surface area contributed by atoms with Crippen molar-refractivity contribution in [2.24, 2.45) is 0 Å². The van der Waals surface area contributed by atoms with Gasteiger partial charge in [-0.2, -0.15) is 0 Å². The van der Waals surface area contributed by atoms with Gasteiger partial charge in [0.1, 0.15) is 4.88 Å². The van der Waals surface area contributed by atoms with Gasteiger partial charge >= 0.3 is 0 Å². The molecule has 0 aliphatic heterocycles. The molecule has 30 heavy (non-hydrogen) atoms. The number of benzene rings is 3. The van der Waals surface area contributed by atoms with E-state index in [-0.39, 0.29) is 18.1 Å². The SMILES string of the molecule is Cc1ccc(N(Cc2ccc([N+](=O)[O-])cc2)C(=O)c2sc3ccccc3c2Cl)cc1. The molecule has 0 aliphatic rings. The number of hydrogen-bond acceptors (Lipinski definition) is 4. The maximum Gasteiger partial charge on any atom is 0.270 e. The molecule has 0 N–H and O–H groups in total. The number of nitro groups is 1. The summed E-state index contributed by atoms with van der Waals surface area (Å²) in [6, 6.07) is 21.5. The number of nitro benzene ring substituents is 1. The average Bonchev–Trinajstić information content (AvgIpc) is 3.09. The van der Waals surface area contributed by atoms with E-state index in [1.807, 2.05) is 55.5 Å². The van der Waals surface area contributed by atoms with Crippen LogP contribution in [0.1, 0.15) is 20.8 Å². The standard InChI is InChI=1S/C23H17ClN2O3S/c1-15-6-10-17(11-7-15)25(14-16-8-12-18(13-9-16)26(28)29)23(27)22-21(24)19-4-2-3-5-20(19)30-22/h2-13H,14H2,1H3. The monoisotopic (exact) mass is 436 g/mol. The zero-order valence-corrected chi connectivity index (χ0v) is 17.6. The van der Waals surface area contributed by atoms with Gasteiger partial charge in [0, 0.05) is 27.9 Å². The highest BCUT2D eigenvalue weighted by atomic mass is 35.5. The molecule has 3 aromatic carbocycles. The van der Waals surface area contributed by atoms with E-state index in [0.29, 0.717) is 9.90 Å². The van der Waals surface area contributed by atoms with E-state index in [1.165, 1.54) is 23.5 Å². The number of amides is 1. The number of carbonyl (C=O) groups excluding carboxylic acids is 1. The van der Waals surface area contributed by atoms with Crippen LogP contribution in [0.25, 0.3) is 10.1 Å². The number of rotatable bonds is 5. The first-order valence-corrected chi connectivity index (χ1v) is 10.4. The van der Waals surface area contributed by atoms with Crippen LogP contribution in [0.15, 0.2) is 72.8 Å². The number of nitrogens with zero attached hydrogens (tertiary/aromatic N) is 2. The van der Waals surface area contributed by atoms with Gasteiger partial charge in [0.25, 0.3) is 11.6 Å². The van der Waals surface area contributed by atoms with Crippen LogP contribution in [0.4, 0.5) is 11.4 Å². The smallest absolute Gasteiger partial charge is 0.270 e. The number of thiophene rings is 1. The number of halogens is 1. The zero-order chi connectivity index (χ0) is 21.3. The molecule has 0 fully saturated rings. The highest BCUT2D eigenvalue weighted by Crippen LogP contribution is 2.37. The third-order valence-electron chi connectivity index (χ3n) is 4.81. The van der Waals surface area contributed by atoms with Gasteiger partial charge in [-0.15, -0.1) is 11.3 Å². The summed E-state index contributed by atoms with van der Waals surface area (Å²) >= 11 is 7.92. The first kappa shape index (κ1) is 20.1. The highest BCUT2D eigenvalue weighted by molar-refractivity contribution is 7.21. The molecule has 4 aromatic rings. The third kappa shape index (κ3) is 3.92. The maximum atomic E-state index is 13.5. The lowest BCUT2D eigenvalue weighted by Crippen LogP contribution is -2.30. The minimum absolute atomic E-state index is 0.0134. The van der Waals surface area contributed by atoms with E-state index >= 15 is 0 Å². The number of aryl methyl sites for hydroxylation is 1. The summed E-state index contributed by atoms with van der Waals surface area (Å²) in [5.74, 6) is -0.205. The van der Waals surface area contributed by atoms with E-state index < -0.39 is 4.92 Å². The first-order chi connectivity index (χ1) is 14.4. The Morgan fingerprint density at radius 1 is 1.03 bits per heavy atom. The van der Waals surface area contributed by atoms with E-state index in [4.69, 9.17) is 11.6 Å². The number of fused-ring (bicyclic) bond motifs is 1. The molecular weight excluding hydrogens is 420 g/mol. The summed E-state index contributed by atoms with van der Waals surface area (Å²) in [5, 5.41) is 12.2. The van der Waals surface area contributed by atoms with E-state index in [0.717, 1.165) is 26.9 Å². The van der Waals surface area contributed by atoms with Crippen molar-refractivity contribution in [2.75, 3.05) is 4.90 Å². The second kappa shape index (κ2) is 8.26. The Kier molecular flexibility index (Phi) is 5.53. The Morgan fingerprint density at radius 3 is 2.33 bits per heavy atom. The Bertz CT molecular complexity index is 1230. The van der Waals surface area contributed by atoms with Crippen LogP contribution in [-0.2, 0) is 6.54 Å². The van der Waals surface area contributed by atoms with Gasteiger partial charge in [-0.3, -0.25) is 14.9 Å². The fourth-order valence-corrected chi connectivity index (χ4v) is 4.65. The van der Waals surface area contributed by atoms with Crippen LogP contribution in [0.3, 0.4) is 0 Å². The first-order valence-electron chi connectivity index (χ1n) is 9.23. The van der Waals surface area contributed by atoms with Gasteiger partial charge in [0.05, 0.1) is 16.5 Å². The number of anilines is 1. The Labute approximate surface area is 182 Å². The van der Waals surface area contributed by atoms with Gasteiger partial charge < -0.3 is 4.90 Å².